The molecule has 19 heavy (non-hydrogen) atoms. The molecule has 0 spiro atoms. The summed E-state index contributed by atoms with van der Waals surface area (Å²) >= 11 is 0. The Balaban J connectivity index is 1.94. The van der Waals surface area contributed by atoms with Crippen LogP contribution in [-0.2, 0) is 0 Å². The van der Waals surface area contributed by atoms with Gasteiger partial charge in [0.15, 0.2) is 0 Å². The second-order valence-corrected chi connectivity index (χ2v) is 5.46. The van der Waals surface area contributed by atoms with Crippen LogP contribution in [0.1, 0.15) is 23.2 Å². The van der Waals surface area contributed by atoms with Crippen molar-refractivity contribution in [2.45, 2.75) is 12.1 Å². The number of hydrogen-bond acceptors (Lipinski definition) is 1. The first kappa shape index (κ1) is 9.76. The van der Waals surface area contributed by atoms with Crippen LogP contribution in [0.3, 0.4) is 0 Å². The number of hydrogen-bond donors (Lipinski definition) is 1. The van der Waals surface area contributed by atoms with Gasteiger partial charge in [-0.3, -0.25) is 5.32 Å². The molecule has 1 N–H and O–H groups in total. The fourth-order valence-electron chi connectivity index (χ4n) is 3.54. The van der Waals surface area contributed by atoms with Crippen LogP contribution in [0.25, 0.3) is 21.9 Å². The lowest BCUT2D eigenvalue weighted by molar-refractivity contribution is 1.02. The van der Waals surface area contributed by atoms with Gasteiger partial charge in [0.1, 0.15) is 0 Å². The maximum absolute atomic E-state index is 3.64. The van der Waals surface area contributed by atoms with Gasteiger partial charge in [0.2, 0.25) is 0 Å². The van der Waals surface area contributed by atoms with E-state index < -0.39 is 0 Å². The maximum atomic E-state index is 3.64. The minimum absolute atomic E-state index is 0.510. The topological polar surface area (TPSA) is 21.9 Å². The fourth-order valence-corrected chi connectivity index (χ4v) is 3.54. The smallest absolute Gasteiger partial charge is 0.0536 e. The van der Waals surface area contributed by atoms with E-state index in [1.54, 1.807) is 0 Å². The molecule has 0 bridgehead atoms. The normalized spacial score (nSPS) is 22.5. The molecule has 3 aromatic carbocycles. The summed E-state index contributed by atoms with van der Waals surface area (Å²) in [7, 11) is 0. The van der Waals surface area contributed by atoms with Crippen molar-refractivity contribution in [2.24, 2.45) is 0 Å². The Kier molecular flexibility index (Phi) is 1.67. The Morgan fingerprint density at radius 1 is 0.684 bits per heavy atom. The van der Waals surface area contributed by atoms with Crippen molar-refractivity contribution in [2.75, 3.05) is 0 Å². The standard InChI is InChI=1S/C18H13N/c1-2-6-12-11(5-1)9-10-14-13-7-3-4-8-15(13)17-18(19-17)16(12)14/h1-10,17-19H/t17-,18+/m0/s1. The molecular formula is C18H13N. The first-order valence-corrected chi connectivity index (χ1v) is 6.80. The average molecular weight is 243 g/mol. The maximum Gasteiger partial charge on any atom is 0.0536 e. The van der Waals surface area contributed by atoms with Crippen LogP contribution < -0.4 is 5.32 Å². The second-order valence-electron chi connectivity index (χ2n) is 5.46. The summed E-state index contributed by atoms with van der Waals surface area (Å²) in [6.07, 6.45) is 0. The SMILES string of the molecule is c1ccc2c(c1)-c1ccc3ccccc3c1[C@H]1N[C@@H]21. The zero-order chi connectivity index (χ0) is 12.4. The van der Waals surface area contributed by atoms with Gasteiger partial charge in [-0.15, -0.1) is 0 Å². The molecule has 0 amide bonds. The molecule has 1 heteroatoms. The predicted octanol–water partition coefficient (Wildman–Crippen LogP) is 4.21. The summed E-state index contributed by atoms with van der Waals surface area (Å²) in [5.74, 6) is 0. The largest absolute Gasteiger partial charge is 0.300 e. The molecule has 0 unspecified atom stereocenters. The van der Waals surface area contributed by atoms with E-state index in [1.807, 2.05) is 0 Å². The van der Waals surface area contributed by atoms with Gasteiger partial charge < -0.3 is 0 Å². The van der Waals surface area contributed by atoms with Crippen molar-refractivity contribution in [1.29, 1.82) is 0 Å². The van der Waals surface area contributed by atoms with Crippen molar-refractivity contribution in [3.8, 4) is 11.1 Å². The lowest BCUT2D eigenvalue weighted by Crippen LogP contribution is -1.99. The lowest BCUT2D eigenvalue weighted by Gasteiger charge is -2.19. The van der Waals surface area contributed by atoms with E-state index in [4.69, 9.17) is 0 Å². The van der Waals surface area contributed by atoms with Crippen molar-refractivity contribution >= 4 is 10.8 Å². The van der Waals surface area contributed by atoms with Crippen LogP contribution in [0.15, 0.2) is 60.7 Å². The Labute approximate surface area is 111 Å². The lowest BCUT2D eigenvalue weighted by atomic mass is 9.83. The molecule has 5 rings (SSSR count). The van der Waals surface area contributed by atoms with Crippen LogP contribution in [0.2, 0.25) is 0 Å². The quantitative estimate of drug-likeness (QED) is 0.587. The van der Waals surface area contributed by atoms with E-state index in [0.29, 0.717) is 12.1 Å². The number of benzene rings is 3. The van der Waals surface area contributed by atoms with Gasteiger partial charge in [-0.2, -0.15) is 0 Å². The molecule has 2 atom stereocenters. The first-order chi connectivity index (χ1) is 9.43. The van der Waals surface area contributed by atoms with Crippen LogP contribution in [0, 0.1) is 0 Å². The second kappa shape index (κ2) is 3.25. The fraction of sp³-hybridized carbons (Fsp3) is 0.111. The molecule has 1 nitrogen and oxygen atoms in total. The average Bonchev–Trinajstić information content (AvgIpc) is 3.27. The van der Waals surface area contributed by atoms with E-state index in [2.05, 4.69) is 66.0 Å². The van der Waals surface area contributed by atoms with Gasteiger partial charge in [-0.05, 0) is 33.0 Å². The summed E-state index contributed by atoms with van der Waals surface area (Å²) in [6.45, 7) is 0. The predicted molar refractivity (Wildman–Crippen MR) is 78.0 cm³/mol. The van der Waals surface area contributed by atoms with E-state index in [-0.39, 0.29) is 0 Å². The summed E-state index contributed by atoms with van der Waals surface area (Å²) in [4.78, 5) is 0. The Morgan fingerprint density at radius 2 is 1.53 bits per heavy atom. The molecule has 90 valence electrons. The molecule has 0 aromatic heterocycles. The number of rotatable bonds is 0. The summed E-state index contributed by atoms with van der Waals surface area (Å²) in [6, 6.07) is 23.1. The third kappa shape index (κ3) is 1.18. The number of fused-ring (bicyclic) bond motifs is 8. The summed E-state index contributed by atoms with van der Waals surface area (Å²) in [5, 5.41) is 6.37. The van der Waals surface area contributed by atoms with Gasteiger partial charge in [0, 0.05) is 0 Å². The van der Waals surface area contributed by atoms with Crippen molar-refractivity contribution < 1.29 is 0 Å². The minimum Gasteiger partial charge on any atom is -0.300 e. The zero-order valence-electron chi connectivity index (χ0n) is 10.4. The highest BCUT2D eigenvalue weighted by atomic mass is 15.2. The first-order valence-electron chi connectivity index (χ1n) is 6.80. The van der Waals surface area contributed by atoms with Crippen molar-refractivity contribution in [3.63, 3.8) is 0 Å². The molecule has 0 radical (unpaired) electrons. The molecule has 0 saturated carbocycles. The monoisotopic (exact) mass is 243 g/mol. The minimum atomic E-state index is 0.510. The highest BCUT2D eigenvalue weighted by Crippen LogP contribution is 2.54. The Morgan fingerprint density at radius 3 is 2.53 bits per heavy atom. The highest BCUT2D eigenvalue weighted by Gasteiger charge is 2.45. The van der Waals surface area contributed by atoms with Gasteiger partial charge in [0.25, 0.3) is 0 Å². The zero-order valence-corrected chi connectivity index (χ0v) is 10.4. The van der Waals surface area contributed by atoms with Crippen molar-refractivity contribution in [3.05, 3.63) is 71.8 Å². The van der Waals surface area contributed by atoms with Crippen LogP contribution >= 0.6 is 0 Å². The third-order valence-corrected chi connectivity index (χ3v) is 4.45. The Bertz CT molecular complexity index is 819. The third-order valence-electron chi connectivity index (χ3n) is 4.45. The molecule has 1 aliphatic carbocycles. The van der Waals surface area contributed by atoms with Crippen LogP contribution in [-0.4, -0.2) is 0 Å². The van der Waals surface area contributed by atoms with E-state index in [0.717, 1.165) is 0 Å². The summed E-state index contributed by atoms with van der Waals surface area (Å²) in [5.41, 5.74) is 5.74. The van der Waals surface area contributed by atoms with E-state index in [9.17, 15) is 0 Å². The number of nitrogens with one attached hydrogen (secondary N) is 1. The molecule has 1 fully saturated rings. The van der Waals surface area contributed by atoms with Crippen LogP contribution in [0.4, 0.5) is 0 Å². The molecule has 3 aromatic rings. The molecule has 1 heterocycles. The Hall–Kier alpha value is -2.12. The highest BCUT2D eigenvalue weighted by molar-refractivity contribution is 5.95. The van der Waals surface area contributed by atoms with Gasteiger partial charge in [-0.1, -0.05) is 60.7 Å². The van der Waals surface area contributed by atoms with Gasteiger partial charge in [-0.25, -0.2) is 0 Å². The van der Waals surface area contributed by atoms with E-state index >= 15 is 0 Å². The van der Waals surface area contributed by atoms with E-state index in [1.165, 1.54) is 33.0 Å². The van der Waals surface area contributed by atoms with Gasteiger partial charge >= 0.3 is 0 Å². The molecule has 1 aliphatic heterocycles. The van der Waals surface area contributed by atoms with Crippen LogP contribution in [0.5, 0.6) is 0 Å². The summed E-state index contributed by atoms with van der Waals surface area (Å²) < 4.78 is 0. The molecule has 2 aliphatic rings. The molecular weight excluding hydrogens is 230 g/mol. The van der Waals surface area contributed by atoms with Gasteiger partial charge in [0.05, 0.1) is 12.1 Å². The van der Waals surface area contributed by atoms with Crippen molar-refractivity contribution in [1.82, 2.24) is 5.32 Å². The molecule has 1 saturated heterocycles.